The Balaban J connectivity index is 2.80. The number of amides is 1. The summed E-state index contributed by atoms with van der Waals surface area (Å²) in [5.41, 5.74) is 6.21. The minimum Gasteiger partial charge on any atom is -0.409 e. The summed E-state index contributed by atoms with van der Waals surface area (Å²) in [6, 6.07) is 0. The summed E-state index contributed by atoms with van der Waals surface area (Å²) in [6.07, 6.45) is 0. The van der Waals surface area contributed by atoms with Crippen molar-refractivity contribution in [1.29, 1.82) is 0 Å². The molecule has 106 valence electrons. The van der Waals surface area contributed by atoms with Crippen LogP contribution in [0.25, 0.3) is 0 Å². The number of carbonyl (C=O) groups excluding carboxylic acids is 1. The topological polar surface area (TPSA) is 105 Å². The molecular weight excluding hydrogens is 266 g/mol. The Bertz CT molecular complexity index is 471. The van der Waals surface area contributed by atoms with Crippen LogP contribution in [0, 0.1) is 5.92 Å². The van der Waals surface area contributed by atoms with Crippen molar-refractivity contribution < 1.29 is 10.0 Å². The highest BCUT2D eigenvalue weighted by Gasteiger charge is 2.23. The van der Waals surface area contributed by atoms with Gasteiger partial charge in [0.1, 0.15) is 10.7 Å². The Labute approximate surface area is 116 Å². The first kappa shape index (κ1) is 15.4. The molecule has 7 nitrogen and oxygen atoms in total. The SMILES string of the molecule is CC(CN(C)C(=O)c1snnc1C(C)C)C(N)=NO. The first-order valence-corrected chi connectivity index (χ1v) is 6.70. The van der Waals surface area contributed by atoms with Gasteiger partial charge >= 0.3 is 0 Å². The van der Waals surface area contributed by atoms with E-state index in [1.165, 1.54) is 4.90 Å². The van der Waals surface area contributed by atoms with Crippen LogP contribution in [-0.2, 0) is 0 Å². The summed E-state index contributed by atoms with van der Waals surface area (Å²) in [5.74, 6) is -0.114. The van der Waals surface area contributed by atoms with Crippen LogP contribution in [0.15, 0.2) is 5.16 Å². The molecular formula is C11H19N5O2S. The number of rotatable bonds is 5. The van der Waals surface area contributed by atoms with Crippen molar-refractivity contribution in [3.8, 4) is 0 Å². The molecule has 1 aromatic rings. The number of oxime groups is 1. The molecule has 1 rings (SSSR count). The van der Waals surface area contributed by atoms with Crippen molar-refractivity contribution in [2.75, 3.05) is 13.6 Å². The van der Waals surface area contributed by atoms with Crippen molar-refractivity contribution in [3.63, 3.8) is 0 Å². The zero-order chi connectivity index (χ0) is 14.6. The van der Waals surface area contributed by atoms with Gasteiger partial charge in [-0.1, -0.05) is 30.4 Å². The standard InChI is InChI=1S/C11H19N5O2S/c1-6(2)8-9(19-15-13-8)11(17)16(4)5-7(3)10(12)14-18/h6-7,18H,5H2,1-4H3,(H2,12,14). The molecule has 0 aromatic carbocycles. The second-order valence-corrected chi connectivity index (χ2v) is 5.51. The van der Waals surface area contributed by atoms with E-state index in [0.29, 0.717) is 17.1 Å². The fourth-order valence-electron chi connectivity index (χ4n) is 1.58. The maximum Gasteiger partial charge on any atom is 0.267 e. The third kappa shape index (κ3) is 3.63. The van der Waals surface area contributed by atoms with Gasteiger partial charge in [-0.2, -0.15) is 0 Å². The molecule has 0 radical (unpaired) electrons. The van der Waals surface area contributed by atoms with E-state index in [1.54, 1.807) is 14.0 Å². The predicted octanol–water partition coefficient (Wildman–Crippen LogP) is 1.12. The highest BCUT2D eigenvalue weighted by molar-refractivity contribution is 7.08. The van der Waals surface area contributed by atoms with Gasteiger partial charge in [0.15, 0.2) is 0 Å². The van der Waals surface area contributed by atoms with E-state index in [9.17, 15) is 4.79 Å². The van der Waals surface area contributed by atoms with Gasteiger partial charge in [0, 0.05) is 19.5 Å². The number of hydrogen-bond acceptors (Lipinski definition) is 6. The van der Waals surface area contributed by atoms with E-state index in [4.69, 9.17) is 10.9 Å². The maximum absolute atomic E-state index is 12.3. The van der Waals surface area contributed by atoms with E-state index in [0.717, 1.165) is 11.5 Å². The Hall–Kier alpha value is -1.70. The van der Waals surface area contributed by atoms with Gasteiger partial charge in [0.05, 0.1) is 5.69 Å². The average Bonchev–Trinajstić information content (AvgIpc) is 2.85. The zero-order valence-electron chi connectivity index (χ0n) is 11.5. The molecule has 19 heavy (non-hydrogen) atoms. The molecule has 1 aromatic heterocycles. The first-order valence-electron chi connectivity index (χ1n) is 5.93. The zero-order valence-corrected chi connectivity index (χ0v) is 12.3. The lowest BCUT2D eigenvalue weighted by Gasteiger charge is -2.20. The lowest BCUT2D eigenvalue weighted by atomic mass is 10.1. The molecule has 3 N–H and O–H groups in total. The maximum atomic E-state index is 12.3. The highest BCUT2D eigenvalue weighted by atomic mass is 32.1. The normalized spacial score (nSPS) is 13.6. The molecule has 0 saturated carbocycles. The molecule has 0 aliphatic rings. The predicted molar refractivity (Wildman–Crippen MR) is 73.5 cm³/mol. The third-order valence-electron chi connectivity index (χ3n) is 2.77. The minimum absolute atomic E-state index is 0.103. The van der Waals surface area contributed by atoms with E-state index >= 15 is 0 Å². The van der Waals surface area contributed by atoms with Gasteiger partial charge < -0.3 is 15.8 Å². The number of nitrogens with two attached hydrogens (primary N) is 1. The van der Waals surface area contributed by atoms with Crippen molar-refractivity contribution in [3.05, 3.63) is 10.6 Å². The largest absolute Gasteiger partial charge is 0.409 e. The molecule has 1 atom stereocenters. The third-order valence-corrected chi connectivity index (χ3v) is 3.50. The second kappa shape index (κ2) is 6.46. The van der Waals surface area contributed by atoms with E-state index in [1.807, 2.05) is 13.8 Å². The summed E-state index contributed by atoms with van der Waals surface area (Å²) >= 11 is 1.09. The Morgan fingerprint density at radius 2 is 2.16 bits per heavy atom. The number of amidine groups is 1. The van der Waals surface area contributed by atoms with Gasteiger partial charge in [-0.3, -0.25) is 4.79 Å². The van der Waals surface area contributed by atoms with Crippen LogP contribution in [0.5, 0.6) is 0 Å². The van der Waals surface area contributed by atoms with Crippen molar-refractivity contribution >= 4 is 23.3 Å². The summed E-state index contributed by atoms with van der Waals surface area (Å²) < 4.78 is 3.83. The van der Waals surface area contributed by atoms with E-state index in [-0.39, 0.29) is 23.6 Å². The molecule has 1 amide bonds. The number of hydrogen-bond donors (Lipinski definition) is 2. The summed E-state index contributed by atoms with van der Waals surface area (Å²) in [4.78, 5) is 14.4. The number of aromatic nitrogens is 2. The van der Waals surface area contributed by atoms with Crippen LogP contribution in [-0.4, -0.2) is 45.0 Å². The molecule has 1 heterocycles. The van der Waals surface area contributed by atoms with E-state index < -0.39 is 0 Å². The van der Waals surface area contributed by atoms with Crippen molar-refractivity contribution in [1.82, 2.24) is 14.5 Å². The lowest BCUT2D eigenvalue weighted by Crippen LogP contribution is -2.36. The number of nitrogens with zero attached hydrogens (tertiary/aromatic N) is 4. The van der Waals surface area contributed by atoms with Crippen LogP contribution >= 0.6 is 11.5 Å². The summed E-state index contributed by atoms with van der Waals surface area (Å²) in [6.45, 7) is 6.08. The highest BCUT2D eigenvalue weighted by Crippen LogP contribution is 2.21. The average molecular weight is 285 g/mol. The van der Waals surface area contributed by atoms with Crippen LogP contribution in [0.2, 0.25) is 0 Å². The quantitative estimate of drug-likeness (QED) is 0.365. The van der Waals surface area contributed by atoms with Crippen molar-refractivity contribution in [2.24, 2.45) is 16.8 Å². The van der Waals surface area contributed by atoms with Gasteiger partial charge in [0.25, 0.3) is 5.91 Å². The fraction of sp³-hybridized carbons (Fsp3) is 0.636. The molecule has 0 spiro atoms. The van der Waals surface area contributed by atoms with Crippen LogP contribution in [0.3, 0.4) is 0 Å². The smallest absolute Gasteiger partial charge is 0.267 e. The van der Waals surface area contributed by atoms with Crippen LogP contribution in [0.1, 0.15) is 42.1 Å². The Morgan fingerprint density at radius 1 is 1.53 bits per heavy atom. The fourth-order valence-corrected chi connectivity index (χ4v) is 2.40. The molecule has 0 saturated heterocycles. The summed E-state index contributed by atoms with van der Waals surface area (Å²) in [5, 5.41) is 15.5. The number of carbonyl (C=O) groups is 1. The van der Waals surface area contributed by atoms with Gasteiger partial charge in [-0.15, -0.1) is 5.10 Å². The lowest BCUT2D eigenvalue weighted by molar-refractivity contribution is 0.0789. The Kier molecular flexibility index (Phi) is 5.22. The van der Waals surface area contributed by atoms with Gasteiger partial charge in [-0.05, 0) is 17.5 Å². The minimum atomic E-state index is -0.220. The van der Waals surface area contributed by atoms with Crippen LogP contribution in [0.4, 0.5) is 0 Å². The van der Waals surface area contributed by atoms with Crippen molar-refractivity contribution in [2.45, 2.75) is 26.7 Å². The molecule has 0 bridgehead atoms. The monoisotopic (exact) mass is 285 g/mol. The van der Waals surface area contributed by atoms with Crippen LogP contribution < -0.4 is 5.73 Å². The molecule has 1 unspecified atom stereocenters. The second-order valence-electron chi connectivity index (χ2n) is 4.75. The van der Waals surface area contributed by atoms with Gasteiger partial charge in [0.2, 0.25) is 0 Å². The molecule has 0 aliphatic heterocycles. The van der Waals surface area contributed by atoms with Gasteiger partial charge in [-0.25, -0.2) is 0 Å². The molecule has 8 heteroatoms. The first-order chi connectivity index (χ1) is 8.88. The van der Waals surface area contributed by atoms with E-state index in [2.05, 4.69) is 14.7 Å². The molecule has 0 fully saturated rings. The Morgan fingerprint density at radius 3 is 2.68 bits per heavy atom. The summed E-state index contributed by atoms with van der Waals surface area (Å²) in [7, 11) is 1.67. The molecule has 0 aliphatic carbocycles.